The quantitative estimate of drug-likeness (QED) is 0.890. The van der Waals surface area contributed by atoms with Crippen LogP contribution in [0.1, 0.15) is 49.6 Å². The van der Waals surface area contributed by atoms with Crippen molar-refractivity contribution in [3.63, 3.8) is 0 Å². The highest BCUT2D eigenvalue weighted by atomic mass is 14.9. The van der Waals surface area contributed by atoms with E-state index >= 15 is 0 Å². The molecule has 3 heteroatoms. The van der Waals surface area contributed by atoms with Gasteiger partial charge < -0.3 is 5.32 Å². The first kappa shape index (κ1) is 13.7. The van der Waals surface area contributed by atoms with E-state index in [4.69, 9.17) is 0 Å². The third-order valence-corrected chi connectivity index (χ3v) is 3.22. The Bertz CT molecular complexity index is 491. The molecule has 2 rings (SSSR count). The zero-order valence-corrected chi connectivity index (χ0v) is 11.8. The Morgan fingerprint density at radius 1 is 1.05 bits per heavy atom. The topological polar surface area (TPSA) is 37.8 Å². The number of nitrogens with one attached hydrogen (secondary N) is 1. The van der Waals surface area contributed by atoms with Crippen LogP contribution in [-0.4, -0.2) is 16.5 Å². The van der Waals surface area contributed by atoms with Gasteiger partial charge in [-0.2, -0.15) is 0 Å². The highest BCUT2D eigenvalue weighted by Crippen LogP contribution is 2.22. The average Bonchev–Trinajstić information content (AvgIpc) is 2.46. The number of nitrogens with zero attached hydrogens (tertiary/aromatic N) is 2. The van der Waals surface area contributed by atoms with Crippen molar-refractivity contribution in [3.8, 4) is 0 Å². The number of benzene rings is 1. The van der Waals surface area contributed by atoms with Crippen LogP contribution in [0.4, 0.5) is 0 Å². The summed E-state index contributed by atoms with van der Waals surface area (Å²) >= 11 is 0. The van der Waals surface area contributed by atoms with E-state index < -0.39 is 0 Å². The lowest BCUT2D eigenvalue weighted by Crippen LogP contribution is -2.23. The van der Waals surface area contributed by atoms with Gasteiger partial charge in [-0.3, -0.25) is 9.97 Å². The highest BCUT2D eigenvalue weighted by molar-refractivity contribution is 5.31. The molecule has 1 aromatic heterocycles. The van der Waals surface area contributed by atoms with Crippen molar-refractivity contribution in [3.05, 3.63) is 59.7 Å². The van der Waals surface area contributed by atoms with Gasteiger partial charge in [0.25, 0.3) is 0 Å². The smallest absolute Gasteiger partial charge is 0.0801 e. The van der Waals surface area contributed by atoms with Gasteiger partial charge >= 0.3 is 0 Å². The molecule has 1 atom stereocenters. The summed E-state index contributed by atoms with van der Waals surface area (Å²) in [4.78, 5) is 8.56. The minimum atomic E-state index is 0.111. The standard InChI is InChI=1S/C16H21N3/c1-4-18-16(15-11-17-9-10-19-15)14-7-5-13(6-8-14)12(2)3/h5-12,16,18H,4H2,1-3H3. The van der Waals surface area contributed by atoms with Crippen LogP contribution in [0.5, 0.6) is 0 Å². The van der Waals surface area contributed by atoms with Crippen LogP contribution in [0.3, 0.4) is 0 Å². The molecule has 1 N–H and O–H groups in total. The lowest BCUT2D eigenvalue weighted by molar-refractivity contribution is 0.612. The normalized spacial score (nSPS) is 12.6. The van der Waals surface area contributed by atoms with Crippen LogP contribution in [0.25, 0.3) is 0 Å². The predicted molar refractivity (Wildman–Crippen MR) is 78.1 cm³/mol. The van der Waals surface area contributed by atoms with Gasteiger partial charge in [-0.25, -0.2) is 0 Å². The highest BCUT2D eigenvalue weighted by Gasteiger charge is 2.14. The largest absolute Gasteiger partial charge is 0.305 e. The lowest BCUT2D eigenvalue weighted by atomic mass is 9.98. The molecule has 0 amide bonds. The van der Waals surface area contributed by atoms with Crippen LogP contribution in [0, 0.1) is 0 Å². The first-order valence-electron chi connectivity index (χ1n) is 6.81. The fourth-order valence-corrected chi connectivity index (χ4v) is 2.13. The molecule has 2 aromatic rings. The van der Waals surface area contributed by atoms with Gasteiger partial charge in [-0.05, 0) is 23.6 Å². The van der Waals surface area contributed by atoms with E-state index in [1.807, 2.05) is 6.20 Å². The number of aromatic nitrogens is 2. The second-order valence-corrected chi connectivity index (χ2v) is 4.94. The first-order valence-corrected chi connectivity index (χ1v) is 6.81. The summed E-state index contributed by atoms with van der Waals surface area (Å²) in [5, 5.41) is 3.46. The van der Waals surface area contributed by atoms with Crippen molar-refractivity contribution in [2.24, 2.45) is 0 Å². The van der Waals surface area contributed by atoms with Crippen molar-refractivity contribution < 1.29 is 0 Å². The Labute approximate surface area is 115 Å². The zero-order valence-electron chi connectivity index (χ0n) is 11.8. The molecule has 1 heterocycles. The van der Waals surface area contributed by atoms with Gasteiger partial charge in [-0.1, -0.05) is 45.0 Å². The maximum atomic E-state index is 4.41. The molecule has 0 saturated heterocycles. The van der Waals surface area contributed by atoms with E-state index in [0.29, 0.717) is 5.92 Å². The van der Waals surface area contributed by atoms with Crippen molar-refractivity contribution in [1.29, 1.82) is 0 Å². The molecule has 19 heavy (non-hydrogen) atoms. The Morgan fingerprint density at radius 3 is 2.26 bits per heavy atom. The summed E-state index contributed by atoms with van der Waals surface area (Å²) in [5.74, 6) is 0.558. The summed E-state index contributed by atoms with van der Waals surface area (Å²) in [7, 11) is 0. The molecule has 0 bridgehead atoms. The van der Waals surface area contributed by atoms with E-state index in [-0.39, 0.29) is 6.04 Å². The predicted octanol–water partition coefficient (Wildman–Crippen LogP) is 3.30. The molecular formula is C16H21N3. The van der Waals surface area contributed by atoms with Crippen LogP contribution >= 0.6 is 0 Å². The number of hydrogen-bond donors (Lipinski definition) is 1. The lowest BCUT2D eigenvalue weighted by Gasteiger charge is -2.18. The van der Waals surface area contributed by atoms with Crippen molar-refractivity contribution >= 4 is 0 Å². The summed E-state index contributed by atoms with van der Waals surface area (Å²) in [5.41, 5.74) is 3.55. The van der Waals surface area contributed by atoms with E-state index in [1.54, 1.807) is 12.4 Å². The molecule has 100 valence electrons. The second-order valence-electron chi connectivity index (χ2n) is 4.94. The third kappa shape index (κ3) is 3.38. The molecule has 0 spiro atoms. The monoisotopic (exact) mass is 255 g/mol. The molecule has 0 aliphatic rings. The van der Waals surface area contributed by atoms with Gasteiger partial charge in [0.1, 0.15) is 0 Å². The SMILES string of the molecule is CCNC(c1ccc(C(C)C)cc1)c1cnccn1. The van der Waals surface area contributed by atoms with Gasteiger partial charge in [0.15, 0.2) is 0 Å². The van der Waals surface area contributed by atoms with Crippen molar-refractivity contribution in [2.75, 3.05) is 6.54 Å². The van der Waals surface area contributed by atoms with Crippen LogP contribution < -0.4 is 5.32 Å². The molecule has 0 fully saturated rings. The maximum absolute atomic E-state index is 4.41. The molecule has 0 saturated carbocycles. The van der Waals surface area contributed by atoms with E-state index in [9.17, 15) is 0 Å². The Kier molecular flexibility index (Phi) is 4.63. The number of rotatable bonds is 5. The Hall–Kier alpha value is -1.74. The fourth-order valence-electron chi connectivity index (χ4n) is 2.13. The summed E-state index contributed by atoms with van der Waals surface area (Å²) in [6.07, 6.45) is 5.26. The molecule has 1 unspecified atom stereocenters. The first-order chi connectivity index (χ1) is 9.22. The summed E-state index contributed by atoms with van der Waals surface area (Å²) in [6.45, 7) is 7.41. The molecule has 0 aliphatic carbocycles. The van der Waals surface area contributed by atoms with Crippen LogP contribution in [0.15, 0.2) is 42.9 Å². The molecule has 1 aromatic carbocycles. The minimum Gasteiger partial charge on any atom is -0.305 e. The van der Waals surface area contributed by atoms with E-state index in [2.05, 4.69) is 60.3 Å². The van der Waals surface area contributed by atoms with Crippen molar-refractivity contribution in [2.45, 2.75) is 32.7 Å². The van der Waals surface area contributed by atoms with Gasteiger partial charge in [0.2, 0.25) is 0 Å². The molecule has 0 aliphatic heterocycles. The van der Waals surface area contributed by atoms with Crippen molar-refractivity contribution in [1.82, 2.24) is 15.3 Å². The fraction of sp³-hybridized carbons (Fsp3) is 0.375. The zero-order chi connectivity index (χ0) is 13.7. The minimum absolute atomic E-state index is 0.111. The van der Waals surface area contributed by atoms with Gasteiger partial charge in [0, 0.05) is 12.4 Å². The average molecular weight is 255 g/mol. The Morgan fingerprint density at radius 2 is 1.74 bits per heavy atom. The second kappa shape index (κ2) is 6.43. The molecular weight excluding hydrogens is 234 g/mol. The van der Waals surface area contributed by atoms with E-state index in [0.717, 1.165) is 12.2 Å². The summed E-state index contributed by atoms with van der Waals surface area (Å²) < 4.78 is 0. The molecule has 3 nitrogen and oxygen atoms in total. The molecule has 0 radical (unpaired) electrons. The summed E-state index contributed by atoms with van der Waals surface area (Å²) in [6, 6.07) is 8.86. The van der Waals surface area contributed by atoms with Crippen LogP contribution in [-0.2, 0) is 0 Å². The van der Waals surface area contributed by atoms with E-state index in [1.165, 1.54) is 11.1 Å². The number of hydrogen-bond acceptors (Lipinski definition) is 3. The maximum Gasteiger partial charge on any atom is 0.0801 e. The Balaban J connectivity index is 2.29. The van der Waals surface area contributed by atoms with Crippen LogP contribution in [0.2, 0.25) is 0 Å². The van der Waals surface area contributed by atoms with Gasteiger partial charge in [-0.15, -0.1) is 0 Å². The van der Waals surface area contributed by atoms with Gasteiger partial charge in [0.05, 0.1) is 17.9 Å². The third-order valence-electron chi connectivity index (χ3n) is 3.22.